The Morgan fingerprint density at radius 3 is 2.62 bits per heavy atom. The average Bonchev–Trinajstić information content (AvgIpc) is 3.21. The van der Waals surface area contributed by atoms with Crippen LogP contribution in [0.25, 0.3) is 0 Å². The Balaban J connectivity index is 1.98. The van der Waals surface area contributed by atoms with E-state index < -0.39 is 42.6 Å². The molecule has 0 saturated heterocycles. The van der Waals surface area contributed by atoms with Gasteiger partial charge in [0.2, 0.25) is 5.91 Å². The van der Waals surface area contributed by atoms with Crippen molar-refractivity contribution < 1.29 is 29.1 Å². The molecule has 0 radical (unpaired) electrons. The Morgan fingerprint density at radius 1 is 1.03 bits per heavy atom. The van der Waals surface area contributed by atoms with Gasteiger partial charge < -0.3 is 5.11 Å². The van der Waals surface area contributed by atoms with Crippen molar-refractivity contribution in [3.05, 3.63) is 48.6 Å². The first kappa shape index (κ1) is 23.3. The molecule has 9 nitrogen and oxygen atoms in total. The van der Waals surface area contributed by atoms with Crippen molar-refractivity contribution in [2.45, 2.75) is 50.6 Å². The van der Waals surface area contributed by atoms with Gasteiger partial charge in [-0.3, -0.25) is 24.2 Å². The fraction of sp³-hybridized carbons (Fsp3) is 0.435. The third-order valence-electron chi connectivity index (χ3n) is 5.62. The molecule has 3 rings (SSSR count). The molecule has 2 atom stereocenters. The van der Waals surface area contributed by atoms with E-state index >= 15 is 0 Å². The highest BCUT2D eigenvalue weighted by Crippen LogP contribution is 2.22. The van der Waals surface area contributed by atoms with E-state index in [-0.39, 0.29) is 31.6 Å². The van der Waals surface area contributed by atoms with Crippen LogP contribution >= 0.6 is 0 Å². The van der Waals surface area contributed by atoms with Crippen LogP contribution in [0.3, 0.4) is 0 Å². The fourth-order valence-corrected chi connectivity index (χ4v) is 3.90. The molecule has 0 saturated carbocycles. The molecule has 1 aliphatic heterocycles. The van der Waals surface area contributed by atoms with Gasteiger partial charge in [0.1, 0.15) is 18.8 Å². The molecule has 3 aliphatic rings. The van der Waals surface area contributed by atoms with Crippen molar-refractivity contribution >= 4 is 29.5 Å². The number of carbonyl (C=O) groups is 5. The zero-order chi connectivity index (χ0) is 23.1. The molecule has 170 valence electrons. The van der Waals surface area contributed by atoms with E-state index in [9.17, 15) is 29.1 Å². The minimum absolute atomic E-state index is 0.00547. The lowest BCUT2D eigenvalue weighted by molar-refractivity contribution is -0.128. The molecule has 1 N–H and O–H groups in total. The van der Waals surface area contributed by atoms with Crippen LogP contribution in [0.4, 0.5) is 9.59 Å². The van der Waals surface area contributed by atoms with Gasteiger partial charge in [0.05, 0.1) is 0 Å². The van der Waals surface area contributed by atoms with Gasteiger partial charge in [-0.2, -0.15) is 0 Å². The van der Waals surface area contributed by atoms with Crippen LogP contribution in [-0.2, 0) is 14.4 Å². The second-order valence-electron chi connectivity index (χ2n) is 7.74. The molecule has 2 aliphatic carbocycles. The van der Waals surface area contributed by atoms with E-state index in [4.69, 9.17) is 0 Å². The number of carbonyl (C=O) groups excluding carboxylic acids is 5. The van der Waals surface area contributed by atoms with Crippen LogP contribution in [0, 0.1) is 0 Å². The Hall–Kier alpha value is -3.33. The summed E-state index contributed by atoms with van der Waals surface area (Å²) in [5.74, 6) is -1.26. The molecule has 0 bridgehead atoms. The second kappa shape index (κ2) is 10.8. The zero-order valence-electron chi connectivity index (χ0n) is 17.8. The monoisotopic (exact) mass is 441 g/mol. The summed E-state index contributed by atoms with van der Waals surface area (Å²) in [6.45, 7) is -0.768. The topological polar surface area (TPSA) is 115 Å². The Morgan fingerprint density at radius 2 is 1.84 bits per heavy atom. The van der Waals surface area contributed by atoms with E-state index in [1.807, 2.05) is 0 Å². The van der Waals surface area contributed by atoms with Gasteiger partial charge in [-0.1, -0.05) is 42.5 Å². The highest BCUT2D eigenvalue weighted by molar-refractivity contribution is 6.08. The fourth-order valence-electron chi connectivity index (χ4n) is 3.90. The third kappa shape index (κ3) is 5.11. The Labute approximate surface area is 186 Å². The van der Waals surface area contributed by atoms with Gasteiger partial charge in [-0.25, -0.2) is 14.5 Å². The van der Waals surface area contributed by atoms with Crippen molar-refractivity contribution in [3.63, 3.8) is 0 Å². The SMILES string of the molecule is O=C1CC=CC=CC1N(CO)C(=O)N(C(=O)N1CCC=CCC1=O)C1CCCC=CC1=O. The zero-order valence-corrected chi connectivity index (χ0v) is 17.8. The minimum atomic E-state index is -1.13. The molecule has 2 unspecified atom stereocenters. The van der Waals surface area contributed by atoms with Gasteiger partial charge in [0.25, 0.3) is 0 Å². The first-order chi connectivity index (χ1) is 15.5. The predicted molar refractivity (Wildman–Crippen MR) is 115 cm³/mol. The van der Waals surface area contributed by atoms with Crippen LogP contribution in [0.2, 0.25) is 0 Å². The maximum atomic E-state index is 13.6. The van der Waals surface area contributed by atoms with Crippen LogP contribution in [0.15, 0.2) is 48.6 Å². The molecule has 0 aromatic rings. The quantitative estimate of drug-likeness (QED) is 0.530. The molecular formula is C23H27N3O6. The first-order valence-corrected chi connectivity index (χ1v) is 10.7. The van der Waals surface area contributed by atoms with E-state index in [1.165, 1.54) is 12.2 Å². The number of urea groups is 2. The number of aliphatic hydroxyl groups is 1. The van der Waals surface area contributed by atoms with Crippen molar-refractivity contribution in [1.82, 2.24) is 14.7 Å². The largest absolute Gasteiger partial charge is 0.376 e. The number of aliphatic hydroxyl groups excluding tert-OH is 1. The average molecular weight is 441 g/mol. The van der Waals surface area contributed by atoms with Gasteiger partial charge in [0.15, 0.2) is 11.6 Å². The van der Waals surface area contributed by atoms with E-state index in [0.717, 1.165) is 14.7 Å². The summed E-state index contributed by atoms with van der Waals surface area (Å²) >= 11 is 0. The number of allylic oxidation sites excluding steroid dienone is 4. The molecule has 0 fully saturated rings. The number of rotatable bonds is 3. The van der Waals surface area contributed by atoms with Gasteiger partial charge in [-0.15, -0.1) is 0 Å². The van der Waals surface area contributed by atoms with Crippen molar-refractivity contribution in [2.24, 2.45) is 0 Å². The number of imide groups is 2. The van der Waals surface area contributed by atoms with Gasteiger partial charge in [-0.05, 0) is 31.8 Å². The van der Waals surface area contributed by atoms with E-state index in [1.54, 1.807) is 36.5 Å². The number of Topliss-reactive ketones (excluding diaryl/α,β-unsaturated/α-hetero) is 1. The standard InChI is InChI=1S/C23H27N3O6/c27-16-25(17-10-4-1-6-12-19(17)28)23(32)26(18-11-5-2-7-13-20(18)29)22(31)24-15-9-3-8-14-21(24)30/h1,3-4,6-8,10,13,17-18,27H,2,5,9,11-12,14-16H2. The molecular weight excluding hydrogens is 414 g/mol. The summed E-state index contributed by atoms with van der Waals surface area (Å²) in [6.07, 6.45) is 14.7. The maximum Gasteiger partial charge on any atom is 0.335 e. The number of hydrogen-bond acceptors (Lipinski definition) is 6. The number of nitrogens with zero attached hydrogens (tertiary/aromatic N) is 3. The molecule has 0 spiro atoms. The molecule has 0 aromatic heterocycles. The van der Waals surface area contributed by atoms with Gasteiger partial charge >= 0.3 is 12.1 Å². The molecule has 5 amide bonds. The molecule has 0 aromatic carbocycles. The van der Waals surface area contributed by atoms with Crippen LogP contribution in [0.1, 0.15) is 38.5 Å². The molecule has 1 heterocycles. The van der Waals surface area contributed by atoms with Crippen molar-refractivity contribution in [2.75, 3.05) is 13.3 Å². The third-order valence-corrected chi connectivity index (χ3v) is 5.62. The second-order valence-corrected chi connectivity index (χ2v) is 7.74. The first-order valence-electron chi connectivity index (χ1n) is 10.7. The Bertz CT molecular complexity index is 903. The van der Waals surface area contributed by atoms with E-state index in [2.05, 4.69) is 0 Å². The lowest BCUT2D eigenvalue weighted by Gasteiger charge is -2.37. The summed E-state index contributed by atoms with van der Waals surface area (Å²) in [5.41, 5.74) is 0. The summed E-state index contributed by atoms with van der Waals surface area (Å²) in [5, 5.41) is 9.99. The van der Waals surface area contributed by atoms with Crippen molar-refractivity contribution in [3.8, 4) is 0 Å². The van der Waals surface area contributed by atoms with Crippen molar-refractivity contribution in [1.29, 1.82) is 0 Å². The van der Waals surface area contributed by atoms with Crippen LogP contribution in [-0.4, -0.2) is 74.7 Å². The molecule has 9 heteroatoms. The highest BCUT2D eigenvalue weighted by Gasteiger charge is 2.42. The highest BCUT2D eigenvalue weighted by atomic mass is 16.3. The van der Waals surface area contributed by atoms with Crippen LogP contribution < -0.4 is 0 Å². The summed E-state index contributed by atoms with van der Waals surface area (Å²) in [6, 6.07) is -4.13. The van der Waals surface area contributed by atoms with Crippen LogP contribution in [0.5, 0.6) is 0 Å². The smallest absolute Gasteiger partial charge is 0.335 e. The summed E-state index contributed by atoms with van der Waals surface area (Å²) in [7, 11) is 0. The number of amides is 5. The Kier molecular flexibility index (Phi) is 7.88. The van der Waals surface area contributed by atoms with Gasteiger partial charge in [0, 0.05) is 19.4 Å². The summed E-state index contributed by atoms with van der Waals surface area (Å²) < 4.78 is 0. The number of hydrogen-bond donors (Lipinski definition) is 1. The summed E-state index contributed by atoms with van der Waals surface area (Å²) in [4.78, 5) is 67.5. The lowest BCUT2D eigenvalue weighted by atomic mass is 10.1. The normalized spacial score (nSPS) is 23.5. The lowest BCUT2D eigenvalue weighted by Crippen LogP contribution is -2.60. The predicted octanol–water partition coefficient (Wildman–Crippen LogP) is 2.09. The minimum Gasteiger partial charge on any atom is -0.376 e. The number of ketones is 2. The molecule has 32 heavy (non-hydrogen) atoms. The maximum absolute atomic E-state index is 13.6. The van der Waals surface area contributed by atoms with E-state index in [0.29, 0.717) is 19.3 Å².